The molecule has 0 bridgehead atoms. The van der Waals surface area contributed by atoms with Crippen molar-refractivity contribution in [3.05, 3.63) is 27.8 Å². The van der Waals surface area contributed by atoms with Crippen LogP contribution in [-0.2, 0) is 0 Å². The quantitative estimate of drug-likeness (QED) is 0.680. The lowest BCUT2D eigenvalue weighted by atomic mass is 10.3. The molecule has 0 spiro atoms. The Labute approximate surface area is 86.9 Å². The van der Waals surface area contributed by atoms with Gasteiger partial charge < -0.3 is 0 Å². The van der Waals surface area contributed by atoms with Gasteiger partial charge in [0.15, 0.2) is 5.13 Å². The van der Waals surface area contributed by atoms with E-state index in [1.165, 1.54) is 6.07 Å². The number of fused-ring (bicyclic) bond motifs is 1. The first-order valence-corrected chi connectivity index (χ1v) is 5.30. The monoisotopic (exact) mass is 262 g/mol. The molecule has 62 valence electrons. The molecule has 0 unspecified atom stereocenters. The minimum Gasteiger partial charge on any atom is -0.195 e. The zero-order valence-corrected chi connectivity index (χ0v) is 9.14. The van der Waals surface area contributed by atoms with Crippen molar-refractivity contribution in [3.8, 4) is 0 Å². The van der Waals surface area contributed by atoms with Gasteiger partial charge in [-0.1, -0.05) is 15.9 Å². The molecule has 1 aromatic heterocycles. The summed E-state index contributed by atoms with van der Waals surface area (Å²) in [7, 11) is 0. The Morgan fingerprint density at radius 1 is 1.42 bits per heavy atom. The Hall–Kier alpha value is -0.0600. The van der Waals surface area contributed by atoms with Crippen LogP contribution in [0.3, 0.4) is 0 Å². The van der Waals surface area contributed by atoms with Crippen molar-refractivity contribution in [2.75, 3.05) is 0 Å². The normalized spacial score (nSPS) is 10.9. The lowest BCUT2D eigenvalue weighted by Crippen LogP contribution is -1.68. The molecule has 0 aliphatic heterocycles. The maximum atomic E-state index is 12.8. The van der Waals surface area contributed by atoms with E-state index in [0.717, 1.165) is 30.8 Å². The molecule has 4 heteroatoms. The second kappa shape index (κ2) is 3.01. The van der Waals surface area contributed by atoms with Crippen molar-refractivity contribution in [1.82, 2.24) is 0 Å². The highest BCUT2D eigenvalue weighted by Crippen LogP contribution is 2.34. The van der Waals surface area contributed by atoms with Crippen LogP contribution in [0.15, 0.2) is 27.6 Å². The van der Waals surface area contributed by atoms with Crippen LogP contribution in [0, 0.1) is 5.13 Å². The van der Waals surface area contributed by atoms with Gasteiger partial charge in [-0.15, -0.1) is 24.0 Å². The number of halogens is 2. The van der Waals surface area contributed by atoms with E-state index in [9.17, 15) is 4.39 Å². The third-order valence-electron chi connectivity index (χ3n) is 1.58. The fourth-order valence-corrected chi connectivity index (χ4v) is 2.78. The first-order valence-electron chi connectivity index (χ1n) is 3.25. The molecule has 2 rings (SSSR count). The van der Waals surface area contributed by atoms with Crippen LogP contribution < -0.4 is 0 Å². The predicted octanol–water partition coefficient (Wildman–Crippen LogP) is 4.09. The lowest BCUT2D eigenvalue weighted by Gasteiger charge is -1.95. The molecule has 0 aliphatic carbocycles. The van der Waals surface area contributed by atoms with Gasteiger partial charge in [-0.25, -0.2) is 0 Å². The smallest absolute Gasteiger partial charge is 0.177 e. The molecular formula is C8H4BrFS2. The van der Waals surface area contributed by atoms with Crippen LogP contribution in [0.5, 0.6) is 0 Å². The number of benzene rings is 1. The van der Waals surface area contributed by atoms with E-state index in [4.69, 9.17) is 0 Å². The van der Waals surface area contributed by atoms with Crippen molar-refractivity contribution in [2.24, 2.45) is 0 Å². The number of hydrogen-bond donors (Lipinski definition) is 1. The zero-order valence-electron chi connectivity index (χ0n) is 5.84. The van der Waals surface area contributed by atoms with Gasteiger partial charge >= 0.3 is 0 Å². The number of thiol groups is 1. The van der Waals surface area contributed by atoms with Crippen molar-refractivity contribution in [1.29, 1.82) is 0 Å². The van der Waals surface area contributed by atoms with E-state index in [-0.39, 0.29) is 5.13 Å². The fraction of sp³-hybridized carbons (Fsp3) is 0. The molecule has 0 saturated heterocycles. The highest BCUT2D eigenvalue weighted by atomic mass is 79.9. The summed E-state index contributed by atoms with van der Waals surface area (Å²) in [5.41, 5.74) is 0. The summed E-state index contributed by atoms with van der Waals surface area (Å²) >= 11 is 8.70. The first kappa shape index (κ1) is 8.53. The number of thiophene rings is 1. The minimum absolute atomic E-state index is 0.174. The minimum atomic E-state index is -0.174. The van der Waals surface area contributed by atoms with Crippen LogP contribution >= 0.6 is 39.9 Å². The second-order valence-electron chi connectivity index (χ2n) is 2.36. The first-order chi connectivity index (χ1) is 5.68. The molecule has 1 aromatic carbocycles. The SMILES string of the molecule is Fc1cc2c(Br)ccc(S)c2s1. The Morgan fingerprint density at radius 2 is 2.17 bits per heavy atom. The molecule has 0 N–H and O–H groups in total. The maximum Gasteiger partial charge on any atom is 0.177 e. The molecule has 0 fully saturated rings. The molecular weight excluding hydrogens is 259 g/mol. The molecule has 0 saturated carbocycles. The molecule has 0 atom stereocenters. The third kappa shape index (κ3) is 1.28. The standard InChI is InChI=1S/C8H4BrFS2/c9-5-1-2-6(11)8-4(5)3-7(10)12-8/h1-3,11H. The van der Waals surface area contributed by atoms with Crippen molar-refractivity contribution in [3.63, 3.8) is 0 Å². The average molecular weight is 263 g/mol. The van der Waals surface area contributed by atoms with E-state index in [0.29, 0.717) is 0 Å². The number of hydrogen-bond acceptors (Lipinski definition) is 2. The zero-order chi connectivity index (χ0) is 8.72. The molecule has 1 heterocycles. The summed E-state index contributed by atoms with van der Waals surface area (Å²) in [6.45, 7) is 0. The predicted molar refractivity (Wildman–Crippen MR) is 56.7 cm³/mol. The van der Waals surface area contributed by atoms with Crippen LogP contribution in [0.1, 0.15) is 0 Å². The summed E-state index contributed by atoms with van der Waals surface area (Å²) in [4.78, 5) is 0.821. The lowest BCUT2D eigenvalue weighted by molar-refractivity contribution is 0.658. The molecule has 2 aromatic rings. The average Bonchev–Trinajstić information content (AvgIpc) is 2.41. The van der Waals surface area contributed by atoms with Gasteiger partial charge in [-0.2, -0.15) is 4.39 Å². The number of rotatable bonds is 0. The van der Waals surface area contributed by atoms with Gasteiger partial charge in [0.1, 0.15) is 0 Å². The van der Waals surface area contributed by atoms with Gasteiger partial charge in [0.2, 0.25) is 0 Å². The fourth-order valence-electron chi connectivity index (χ4n) is 1.05. The van der Waals surface area contributed by atoms with Gasteiger partial charge in [-0.05, 0) is 18.2 Å². The molecule has 12 heavy (non-hydrogen) atoms. The molecule has 0 amide bonds. The van der Waals surface area contributed by atoms with E-state index < -0.39 is 0 Å². The summed E-state index contributed by atoms with van der Waals surface area (Å²) in [6, 6.07) is 5.24. The van der Waals surface area contributed by atoms with Gasteiger partial charge in [0, 0.05) is 14.8 Å². The highest BCUT2D eigenvalue weighted by molar-refractivity contribution is 9.10. The topological polar surface area (TPSA) is 0 Å². The van der Waals surface area contributed by atoms with E-state index in [2.05, 4.69) is 28.6 Å². The molecule has 0 aliphatic rings. The van der Waals surface area contributed by atoms with Crippen molar-refractivity contribution < 1.29 is 4.39 Å². The highest BCUT2D eigenvalue weighted by Gasteiger charge is 2.06. The van der Waals surface area contributed by atoms with Gasteiger partial charge in [0.05, 0.1) is 4.70 Å². The third-order valence-corrected chi connectivity index (χ3v) is 3.75. The van der Waals surface area contributed by atoms with Crippen molar-refractivity contribution >= 4 is 50.0 Å². The van der Waals surface area contributed by atoms with Crippen LogP contribution in [0.2, 0.25) is 0 Å². The maximum absolute atomic E-state index is 12.8. The molecule has 0 nitrogen and oxygen atoms in total. The van der Waals surface area contributed by atoms with Gasteiger partial charge in [0.25, 0.3) is 0 Å². The Bertz CT molecular complexity index is 397. The summed E-state index contributed by atoms with van der Waals surface area (Å²) in [5.74, 6) is 0. The van der Waals surface area contributed by atoms with E-state index in [1.54, 1.807) is 0 Å². The van der Waals surface area contributed by atoms with E-state index in [1.807, 2.05) is 12.1 Å². The molecule has 0 radical (unpaired) electrons. The summed E-state index contributed by atoms with van der Waals surface area (Å²) < 4.78 is 14.7. The summed E-state index contributed by atoms with van der Waals surface area (Å²) in [6.07, 6.45) is 0. The summed E-state index contributed by atoms with van der Waals surface area (Å²) in [5, 5.41) is 0.720. The Kier molecular flexibility index (Phi) is 2.14. The largest absolute Gasteiger partial charge is 0.195 e. The van der Waals surface area contributed by atoms with Crippen LogP contribution in [-0.4, -0.2) is 0 Å². The van der Waals surface area contributed by atoms with Gasteiger partial charge in [-0.3, -0.25) is 0 Å². The second-order valence-corrected chi connectivity index (χ2v) is 4.70. The Balaban J connectivity index is 2.93. The van der Waals surface area contributed by atoms with Crippen molar-refractivity contribution in [2.45, 2.75) is 4.90 Å². The van der Waals surface area contributed by atoms with Crippen LogP contribution in [0.4, 0.5) is 4.39 Å². The van der Waals surface area contributed by atoms with Crippen LogP contribution in [0.25, 0.3) is 10.1 Å². The van der Waals surface area contributed by atoms with E-state index >= 15 is 0 Å². The Morgan fingerprint density at radius 3 is 2.83 bits per heavy atom.